The number of nitrogens with zero attached hydrogens (tertiary/aromatic N) is 1. The Balaban J connectivity index is 2.21. The van der Waals surface area contributed by atoms with E-state index in [2.05, 4.69) is 4.74 Å². The first-order chi connectivity index (χ1) is 11.5. The average Bonchev–Trinajstić information content (AvgIpc) is 2.52. The number of rotatable bonds is 3. The molecule has 138 valence electrons. The summed E-state index contributed by atoms with van der Waals surface area (Å²) in [7, 11) is 0. The lowest BCUT2D eigenvalue weighted by Crippen LogP contribution is -2.40. The molecule has 0 spiro atoms. The number of esters is 1. The largest absolute Gasteiger partial charge is 0.461 e. The molecular formula is C18H23F2NO4. The zero-order valence-electron chi connectivity index (χ0n) is 14.9. The monoisotopic (exact) mass is 355 g/mol. The molecule has 25 heavy (non-hydrogen) atoms. The van der Waals surface area contributed by atoms with Gasteiger partial charge in [0.15, 0.2) is 0 Å². The second-order valence-corrected chi connectivity index (χ2v) is 6.93. The molecule has 0 aromatic heterocycles. The van der Waals surface area contributed by atoms with Crippen LogP contribution in [0.1, 0.15) is 44.4 Å². The Hall–Kier alpha value is -2.18. The number of carbonyl (C=O) groups excluding carboxylic acids is 2. The molecule has 0 bridgehead atoms. The van der Waals surface area contributed by atoms with Gasteiger partial charge < -0.3 is 14.4 Å². The van der Waals surface area contributed by atoms with Gasteiger partial charge in [0.2, 0.25) is 0 Å². The van der Waals surface area contributed by atoms with Crippen LogP contribution in [-0.2, 0) is 33.2 Å². The Bertz CT molecular complexity index is 668. The first-order valence-corrected chi connectivity index (χ1v) is 8.20. The smallest absolute Gasteiger partial charge is 0.410 e. The fourth-order valence-corrected chi connectivity index (χ4v) is 2.57. The lowest BCUT2D eigenvalue weighted by Gasteiger charge is -2.31. The van der Waals surface area contributed by atoms with Gasteiger partial charge in [-0.3, -0.25) is 0 Å². The van der Waals surface area contributed by atoms with Crippen molar-refractivity contribution in [1.29, 1.82) is 0 Å². The molecule has 1 aliphatic heterocycles. The molecule has 0 atom stereocenters. The molecule has 0 unspecified atom stereocenters. The molecule has 1 heterocycles. The van der Waals surface area contributed by atoms with Crippen molar-refractivity contribution in [2.24, 2.45) is 0 Å². The summed E-state index contributed by atoms with van der Waals surface area (Å²) >= 11 is 0. The van der Waals surface area contributed by atoms with Gasteiger partial charge in [0.05, 0.1) is 6.61 Å². The maximum absolute atomic E-state index is 14.2. The molecule has 7 heteroatoms. The van der Waals surface area contributed by atoms with Crippen molar-refractivity contribution in [2.75, 3.05) is 13.2 Å². The van der Waals surface area contributed by atoms with Gasteiger partial charge in [-0.15, -0.1) is 0 Å². The van der Waals surface area contributed by atoms with Gasteiger partial charge in [-0.05, 0) is 51.3 Å². The standard InChI is InChI=1S/C18H23F2NO4/c1-5-24-15(22)18(19,20)14-7-6-12-8-9-21(11-13(12)10-14)16(23)25-17(2,3)4/h6-7,10H,5,8-9,11H2,1-4H3. The SMILES string of the molecule is CCOC(=O)C(F)(F)c1ccc2c(c1)CN(C(=O)OC(C)(C)C)CC2. The van der Waals surface area contributed by atoms with Crippen LogP contribution in [0.15, 0.2) is 18.2 Å². The van der Waals surface area contributed by atoms with E-state index in [-0.39, 0.29) is 13.2 Å². The first kappa shape index (κ1) is 19.1. The Morgan fingerprint density at radius 2 is 1.88 bits per heavy atom. The van der Waals surface area contributed by atoms with Crippen LogP contribution in [0.25, 0.3) is 0 Å². The fraction of sp³-hybridized carbons (Fsp3) is 0.556. The van der Waals surface area contributed by atoms with Crippen molar-refractivity contribution in [3.05, 3.63) is 34.9 Å². The maximum atomic E-state index is 14.2. The Labute approximate surface area is 145 Å². The van der Waals surface area contributed by atoms with Crippen molar-refractivity contribution in [2.45, 2.75) is 52.2 Å². The molecule has 1 aromatic rings. The second kappa shape index (κ2) is 6.98. The summed E-state index contributed by atoms with van der Waals surface area (Å²) in [6, 6.07) is 4.08. The highest BCUT2D eigenvalue weighted by Crippen LogP contribution is 2.32. The minimum Gasteiger partial charge on any atom is -0.461 e. The normalized spacial score (nSPS) is 14.7. The van der Waals surface area contributed by atoms with Crippen LogP contribution in [-0.4, -0.2) is 35.7 Å². The van der Waals surface area contributed by atoms with Gasteiger partial charge >= 0.3 is 18.0 Å². The third kappa shape index (κ3) is 4.46. The van der Waals surface area contributed by atoms with Crippen LogP contribution in [0.4, 0.5) is 13.6 Å². The predicted molar refractivity (Wildman–Crippen MR) is 87.3 cm³/mol. The molecule has 0 saturated heterocycles. The minimum absolute atomic E-state index is 0.119. The zero-order valence-corrected chi connectivity index (χ0v) is 14.9. The molecule has 2 rings (SSSR count). The van der Waals surface area contributed by atoms with Crippen molar-refractivity contribution in [1.82, 2.24) is 4.90 Å². The topological polar surface area (TPSA) is 55.8 Å². The maximum Gasteiger partial charge on any atom is 0.410 e. The summed E-state index contributed by atoms with van der Waals surface area (Å²) in [6.45, 7) is 7.26. The van der Waals surface area contributed by atoms with Gasteiger partial charge in [-0.25, -0.2) is 9.59 Å². The first-order valence-electron chi connectivity index (χ1n) is 8.20. The number of halogens is 2. The third-order valence-corrected chi connectivity index (χ3v) is 3.76. The Kier molecular flexibility index (Phi) is 5.34. The number of benzene rings is 1. The van der Waals surface area contributed by atoms with Crippen LogP contribution in [0.5, 0.6) is 0 Å². The van der Waals surface area contributed by atoms with Crippen molar-refractivity contribution >= 4 is 12.1 Å². The molecule has 1 aromatic carbocycles. The van der Waals surface area contributed by atoms with E-state index in [1.807, 2.05) is 0 Å². The molecular weight excluding hydrogens is 332 g/mol. The van der Waals surface area contributed by atoms with Crippen molar-refractivity contribution in [3.63, 3.8) is 0 Å². The summed E-state index contributed by atoms with van der Waals surface area (Å²) in [6.07, 6.45) is 0.0560. The highest BCUT2D eigenvalue weighted by molar-refractivity contribution is 5.79. The van der Waals surface area contributed by atoms with E-state index in [1.54, 1.807) is 26.8 Å². The summed E-state index contributed by atoms with van der Waals surface area (Å²) in [4.78, 5) is 25.2. The van der Waals surface area contributed by atoms with Crippen LogP contribution in [0, 0.1) is 0 Å². The quantitative estimate of drug-likeness (QED) is 0.777. The zero-order chi connectivity index (χ0) is 18.8. The van der Waals surface area contributed by atoms with Crippen LogP contribution in [0.2, 0.25) is 0 Å². The fourth-order valence-electron chi connectivity index (χ4n) is 2.57. The number of hydrogen-bond donors (Lipinski definition) is 0. The number of fused-ring (bicyclic) bond motifs is 1. The van der Waals surface area contributed by atoms with E-state index in [1.165, 1.54) is 24.0 Å². The van der Waals surface area contributed by atoms with Crippen LogP contribution < -0.4 is 0 Å². The number of amides is 1. The number of ether oxygens (including phenoxy) is 2. The summed E-state index contributed by atoms with van der Waals surface area (Å²) in [5, 5.41) is 0. The van der Waals surface area contributed by atoms with E-state index >= 15 is 0 Å². The number of alkyl halides is 2. The second-order valence-electron chi connectivity index (χ2n) is 6.93. The van der Waals surface area contributed by atoms with E-state index < -0.39 is 29.1 Å². The predicted octanol–water partition coefficient (Wildman–Crippen LogP) is 3.63. The summed E-state index contributed by atoms with van der Waals surface area (Å²) < 4.78 is 38.2. The van der Waals surface area contributed by atoms with E-state index in [4.69, 9.17) is 4.74 Å². The highest BCUT2D eigenvalue weighted by Gasteiger charge is 2.43. The Morgan fingerprint density at radius 3 is 2.48 bits per heavy atom. The molecule has 1 aliphatic rings. The molecule has 5 nitrogen and oxygen atoms in total. The summed E-state index contributed by atoms with van der Waals surface area (Å²) in [5.74, 6) is -5.30. The van der Waals surface area contributed by atoms with Gasteiger partial charge in [0.25, 0.3) is 0 Å². The molecule has 1 amide bonds. The average molecular weight is 355 g/mol. The number of hydrogen-bond acceptors (Lipinski definition) is 4. The van der Waals surface area contributed by atoms with Gasteiger partial charge in [0, 0.05) is 18.7 Å². The van der Waals surface area contributed by atoms with E-state index in [9.17, 15) is 18.4 Å². The molecule has 0 saturated carbocycles. The Morgan fingerprint density at radius 1 is 1.20 bits per heavy atom. The minimum atomic E-state index is -3.72. The van der Waals surface area contributed by atoms with Gasteiger partial charge in [0.1, 0.15) is 5.60 Å². The van der Waals surface area contributed by atoms with E-state index in [0.717, 1.165) is 5.56 Å². The highest BCUT2D eigenvalue weighted by atomic mass is 19.3. The van der Waals surface area contributed by atoms with Crippen LogP contribution in [0.3, 0.4) is 0 Å². The third-order valence-electron chi connectivity index (χ3n) is 3.76. The van der Waals surface area contributed by atoms with Gasteiger partial charge in [-0.2, -0.15) is 8.78 Å². The van der Waals surface area contributed by atoms with E-state index in [0.29, 0.717) is 18.5 Å². The molecule has 0 aliphatic carbocycles. The van der Waals surface area contributed by atoms with Crippen molar-refractivity contribution < 1.29 is 27.8 Å². The molecule has 0 N–H and O–H groups in total. The molecule has 0 radical (unpaired) electrons. The van der Waals surface area contributed by atoms with Crippen LogP contribution >= 0.6 is 0 Å². The molecule has 0 fully saturated rings. The van der Waals surface area contributed by atoms with Gasteiger partial charge in [-0.1, -0.05) is 12.1 Å². The summed E-state index contributed by atoms with van der Waals surface area (Å²) in [5.41, 5.74) is 0.397. The lowest BCUT2D eigenvalue weighted by atomic mass is 9.95. The van der Waals surface area contributed by atoms with Crippen molar-refractivity contribution in [3.8, 4) is 0 Å². The number of carbonyl (C=O) groups is 2. The lowest BCUT2D eigenvalue weighted by molar-refractivity contribution is -0.173.